The first-order valence-corrected chi connectivity index (χ1v) is 16.2. The molecule has 0 aliphatic heterocycles. The number of Topliss-reactive ketones (excluding diaryl/α,β-unsaturated/α-hetero) is 1. The van der Waals surface area contributed by atoms with Gasteiger partial charge in [0.05, 0.1) is 6.10 Å². The minimum absolute atomic E-state index is 0.0561. The summed E-state index contributed by atoms with van der Waals surface area (Å²) in [5.74, 6) is -1.51. The summed E-state index contributed by atoms with van der Waals surface area (Å²) in [6, 6.07) is 0. The van der Waals surface area contributed by atoms with E-state index in [9.17, 15) is 36.1 Å². The lowest BCUT2D eigenvalue weighted by Gasteiger charge is -2.62. The first kappa shape index (κ1) is 30.4. The second-order valence-corrected chi connectivity index (χ2v) is 15.1. The molecule has 4 saturated carbocycles. The molecule has 3 nitrogen and oxygen atoms in total. The number of fused-ring (bicyclic) bond motifs is 5. The summed E-state index contributed by atoms with van der Waals surface area (Å²) < 4.78 is 75.2. The smallest absolute Gasteiger partial charge is 0.393 e. The Labute approximate surface area is 226 Å². The number of hydrogen-bond donors (Lipinski definition) is 1. The van der Waals surface area contributed by atoms with Crippen LogP contribution in [-0.4, -0.2) is 44.8 Å². The molecule has 0 bridgehead atoms. The maximum atomic E-state index is 13.1. The molecule has 4 aliphatic carbocycles. The van der Waals surface area contributed by atoms with Gasteiger partial charge in [-0.1, -0.05) is 33.1 Å². The summed E-state index contributed by atoms with van der Waals surface area (Å²) in [6.45, 7) is 4.70. The lowest BCUT2D eigenvalue weighted by molar-refractivity contribution is -0.284. The Balaban J connectivity index is 1.31. The summed E-state index contributed by atoms with van der Waals surface area (Å²) in [7, 11) is -1.39. The molecule has 1 N–H and O–H groups in total. The number of unbranched alkanes of at least 4 members (excludes halogenated alkanes) is 2. The minimum Gasteiger partial charge on any atom is -0.393 e. The zero-order valence-corrected chi connectivity index (χ0v) is 23.7. The van der Waals surface area contributed by atoms with Crippen molar-refractivity contribution in [3.05, 3.63) is 0 Å². The quantitative estimate of drug-likeness (QED) is 0.220. The molecular weight excluding hydrogens is 523 g/mol. The SMILES string of the molecule is C[C@]12CCC(=O)CC1CC[C@@H]1[C@H]2C(CCCCCS(=O)CCCC(F)(F)C(F)(F)F)C[C@]2(C)C(O)CC[C@@H]12. The fraction of sp³-hybridized carbons (Fsp3) is 0.966. The second kappa shape index (κ2) is 11.4. The zero-order valence-electron chi connectivity index (χ0n) is 22.8. The standard InChI is InChI=1S/C29H45F5O3S/c1-26-14-12-21(35)17-20(26)8-9-22-23-10-11-24(36)27(23,2)18-19(25(22)26)7-4-3-5-15-38(37)16-6-13-28(30,31)29(32,33)34/h19-20,22-25,36H,3-18H2,1-2H3/t19?,20?,22-,23-,24?,25+,26-,27-,38?/m0/s1. The first-order valence-electron chi connectivity index (χ1n) is 14.7. The molecule has 9 atom stereocenters. The molecule has 0 radical (unpaired) electrons. The van der Waals surface area contributed by atoms with Gasteiger partial charge in [0, 0.05) is 41.6 Å². The summed E-state index contributed by atoms with van der Waals surface area (Å²) in [4.78, 5) is 12.3. The molecule has 0 saturated heterocycles. The van der Waals surface area contributed by atoms with Gasteiger partial charge in [-0.15, -0.1) is 0 Å². The van der Waals surface area contributed by atoms with E-state index in [0.29, 0.717) is 60.4 Å². The predicted molar refractivity (Wildman–Crippen MR) is 138 cm³/mol. The van der Waals surface area contributed by atoms with Crippen molar-refractivity contribution in [3.8, 4) is 0 Å². The highest BCUT2D eigenvalue weighted by molar-refractivity contribution is 7.84. The van der Waals surface area contributed by atoms with Gasteiger partial charge < -0.3 is 5.11 Å². The maximum Gasteiger partial charge on any atom is 0.453 e. The summed E-state index contributed by atoms with van der Waals surface area (Å²) >= 11 is 0. The van der Waals surface area contributed by atoms with E-state index >= 15 is 0 Å². The van der Waals surface area contributed by atoms with E-state index in [0.717, 1.165) is 57.8 Å². The molecular formula is C29H45F5O3S. The third kappa shape index (κ3) is 5.89. The van der Waals surface area contributed by atoms with Crippen molar-refractivity contribution in [1.29, 1.82) is 0 Å². The van der Waals surface area contributed by atoms with Crippen molar-refractivity contribution < 1.29 is 36.1 Å². The van der Waals surface area contributed by atoms with E-state index in [1.807, 2.05) is 0 Å². The number of ketones is 1. The van der Waals surface area contributed by atoms with Crippen molar-refractivity contribution in [2.24, 2.45) is 40.4 Å². The summed E-state index contributed by atoms with van der Waals surface area (Å²) in [5.41, 5.74) is 0.107. The Morgan fingerprint density at radius 1 is 0.947 bits per heavy atom. The third-order valence-electron chi connectivity index (χ3n) is 11.2. The van der Waals surface area contributed by atoms with Crippen LogP contribution in [0.4, 0.5) is 22.0 Å². The van der Waals surface area contributed by atoms with Crippen LogP contribution in [0.5, 0.6) is 0 Å². The van der Waals surface area contributed by atoms with Gasteiger partial charge in [0.15, 0.2) is 0 Å². The molecule has 0 heterocycles. The molecule has 4 aliphatic rings. The lowest BCUT2D eigenvalue weighted by atomic mass is 9.42. The third-order valence-corrected chi connectivity index (χ3v) is 12.7. The summed E-state index contributed by atoms with van der Waals surface area (Å²) in [6.07, 6.45) is 3.52. The number of hydrogen-bond acceptors (Lipinski definition) is 3. The zero-order chi connectivity index (χ0) is 27.9. The number of rotatable bonds is 10. The number of aliphatic hydroxyl groups excluding tert-OH is 1. The maximum absolute atomic E-state index is 13.1. The largest absolute Gasteiger partial charge is 0.453 e. The van der Waals surface area contributed by atoms with E-state index in [-0.39, 0.29) is 22.7 Å². The Kier molecular flexibility index (Phi) is 9.09. The van der Waals surface area contributed by atoms with Gasteiger partial charge in [0.2, 0.25) is 0 Å². The van der Waals surface area contributed by atoms with Crippen LogP contribution in [0, 0.1) is 40.4 Å². The number of aliphatic hydroxyl groups is 1. The Hall–Kier alpha value is -0.570. The van der Waals surface area contributed by atoms with Crippen molar-refractivity contribution in [2.75, 3.05) is 11.5 Å². The van der Waals surface area contributed by atoms with Crippen LogP contribution in [-0.2, 0) is 15.6 Å². The molecule has 0 aromatic carbocycles. The molecule has 4 fully saturated rings. The highest BCUT2D eigenvalue weighted by Gasteiger charge is 2.62. The van der Waals surface area contributed by atoms with E-state index < -0.39 is 35.7 Å². The van der Waals surface area contributed by atoms with Crippen molar-refractivity contribution in [2.45, 2.75) is 122 Å². The second-order valence-electron chi connectivity index (χ2n) is 13.4. The molecule has 0 spiro atoms. The van der Waals surface area contributed by atoms with Crippen LogP contribution in [0.25, 0.3) is 0 Å². The van der Waals surface area contributed by atoms with Gasteiger partial charge in [0.25, 0.3) is 0 Å². The van der Waals surface area contributed by atoms with Crippen LogP contribution >= 0.6 is 0 Å². The normalized spacial score (nSPS) is 40.4. The Bertz CT molecular complexity index is 879. The van der Waals surface area contributed by atoms with Gasteiger partial charge >= 0.3 is 12.1 Å². The molecule has 38 heavy (non-hydrogen) atoms. The van der Waals surface area contributed by atoms with Crippen molar-refractivity contribution >= 4 is 16.6 Å². The summed E-state index contributed by atoms with van der Waals surface area (Å²) in [5, 5.41) is 11.0. The van der Waals surface area contributed by atoms with E-state index in [1.54, 1.807) is 0 Å². The molecule has 9 heteroatoms. The van der Waals surface area contributed by atoms with Gasteiger partial charge in [-0.25, -0.2) is 0 Å². The van der Waals surface area contributed by atoms with Gasteiger partial charge in [-0.05, 0) is 91.8 Å². The van der Waals surface area contributed by atoms with E-state index in [1.165, 1.54) is 0 Å². The molecule has 0 aromatic heterocycles. The lowest BCUT2D eigenvalue weighted by Crippen LogP contribution is -2.57. The first-order chi connectivity index (χ1) is 17.7. The highest BCUT2D eigenvalue weighted by Crippen LogP contribution is 2.68. The van der Waals surface area contributed by atoms with Crippen molar-refractivity contribution in [3.63, 3.8) is 0 Å². The molecule has 0 aromatic rings. The average molecular weight is 569 g/mol. The topological polar surface area (TPSA) is 54.4 Å². The number of carbonyl (C=O) groups is 1. The van der Waals surface area contributed by atoms with Crippen LogP contribution in [0.15, 0.2) is 0 Å². The monoisotopic (exact) mass is 568 g/mol. The van der Waals surface area contributed by atoms with Gasteiger partial charge in [-0.3, -0.25) is 9.00 Å². The van der Waals surface area contributed by atoms with E-state index in [4.69, 9.17) is 0 Å². The van der Waals surface area contributed by atoms with Crippen LogP contribution in [0.2, 0.25) is 0 Å². The van der Waals surface area contributed by atoms with Gasteiger partial charge in [0.1, 0.15) is 5.78 Å². The fourth-order valence-corrected chi connectivity index (χ4v) is 10.4. The molecule has 4 unspecified atom stereocenters. The van der Waals surface area contributed by atoms with Crippen LogP contribution < -0.4 is 0 Å². The minimum atomic E-state index is -5.55. The number of carbonyl (C=O) groups excluding carboxylic acids is 1. The van der Waals surface area contributed by atoms with Crippen LogP contribution in [0.3, 0.4) is 0 Å². The van der Waals surface area contributed by atoms with Gasteiger partial charge in [-0.2, -0.15) is 22.0 Å². The molecule has 0 amide bonds. The van der Waals surface area contributed by atoms with Crippen LogP contribution in [0.1, 0.15) is 104 Å². The Morgan fingerprint density at radius 2 is 1.66 bits per heavy atom. The number of alkyl halides is 5. The highest BCUT2D eigenvalue weighted by atomic mass is 32.2. The molecule has 220 valence electrons. The Morgan fingerprint density at radius 3 is 2.37 bits per heavy atom. The molecule has 4 rings (SSSR count). The van der Waals surface area contributed by atoms with E-state index in [2.05, 4.69) is 13.8 Å². The fourth-order valence-electron chi connectivity index (χ4n) is 9.25. The average Bonchev–Trinajstić information content (AvgIpc) is 3.12. The number of halogens is 5. The van der Waals surface area contributed by atoms with Crippen molar-refractivity contribution in [1.82, 2.24) is 0 Å². The predicted octanol–water partition coefficient (Wildman–Crippen LogP) is 7.47.